The minimum absolute atomic E-state index is 0.0160. The van der Waals surface area contributed by atoms with E-state index in [1.165, 1.54) is 5.56 Å². The molecule has 0 spiro atoms. The second-order valence-electron chi connectivity index (χ2n) is 5.91. The monoisotopic (exact) mass is 324 g/mol. The van der Waals surface area contributed by atoms with Crippen LogP contribution in [0.25, 0.3) is 0 Å². The molecule has 24 heavy (non-hydrogen) atoms. The van der Waals surface area contributed by atoms with Crippen LogP contribution < -0.4 is 11.1 Å². The molecule has 1 aliphatic carbocycles. The van der Waals surface area contributed by atoms with Crippen molar-refractivity contribution in [2.75, 3.05) is 12.3 Å². The van der Waals surface area contributed by atoms with Gasteiger partial charge < -0.3 is 15.8 Å². The SMILES string of the molecule is Nc1ccc(C(=O)OCC(=O)N[C@@H]2CCCc3ccccc32)cc1. The quantitative estimate of drug-likeness (QED) is 0.669. The van der Waals surface area contributed by atoms with Crippen LogP contribution >= 0.6 is 0 Å². The number of nitrogens with two attached hydrogens (primary N) is 1. The Balaban J connectivity index is 1.55. The Labute approximate surface area is 140 Å². The van der Waals surface area contributed by atoms with E-state index in [-0.39, 0.29) is 18.6 Å². The van der Waals surface area contributed by atoms with Gasteiger partial charge >= 0.3 is 5.97 Å². The molecule has 5 heteroatoms. The van der Waals surface area contributed by atoms with E-state index >= 15 is 0 Å². The summed E-state index contributed by atoms with van der Waals surface area (Å²) in [6.45, 7) is -0.290. The van der Waals surface area contributed by atoms with Crippen molar-refractivity contribution < 1.29 is 14.3 Å². The van der Waals surface area contributed by atoms with Crippen molar-refractivity contribution in [3.05, 3.63) is 65.2 Å². The molecule has 0 aliphatic heterocycles. The van der Waals surface area contributed by atoms with Crippen LogP contribution in [0.1, 0.15) is 40.4 Å². The molecule has 0 heterocycles. The van der Waals surface area contributed by atoms with Crippen LogP contribution in [0.15, 0.2) is 48.5 Å². The maximum atomic E-state index is 12.1. The van der Waals surface area contributed by atoms with E-state index in [0.717, 1.165) is 24.8 Å². The maximum Gasteiger partial charge on any atom is 0.338 e. The number of hydrogen-bond donors (Lipinski definition) is 2. The second kappa shape index (κ2) is 7.17. The van der Waals surface area contributed by atoms with Gasteiger partial charge in [0.1, 0.15) is 0 Å². The predicted octanol–water partition coefficient (Wildman–Crippen LogP) is 2.62. The summed E-state index contributed by atoms with van der Waals surface area (Å²) in [7, 11) is 0. The number of carbonyl (C=O) groups is 2. The molecule has 0 unspecified atom stereocenters. The highest BCUT2D eigenvalue weighted by Gasteiger charge is 2.21. The Bertz CT molecular complexity index is 741. The normalized spacial score (nSPS) is 16.1. The molecule has 0 bridgehead atoms. The van der Waals surface area contributed by atoms with Crippen molar-refractivity contribution in [1.29, 1.82) is 0 Å². The lowest BCUT2D eigenvalue weighted by Crippen LogP contribution is -2.34. The lowest BCUT2D eigenvalue weighted by atomic mass is 9.88. The topological polar surface area (TPSA) is 81.4 Å². The average Bonchev–Trinajstić information content (AvgIpc) is 2.61. The van der Waals surface area contributed by atoms with Crippen LogP contribution in [0.5, 0.6) is 0 Å². The highest BCUT2D eigenvalue weighted by Crippen LogP contribution is 2.29. The lowest BCUT2D eigenvalue weighted by Gasteiger charge is -2.26. The van der Waals surface area contributed by atoms with Crippen molar-refractivity contribution in [2.45, 2.75) is 25.3 Å². The lowest BCUT2D eigenvalue weighted by molar-refractivity contribution is -0.125. The summed E-state index contributed by atoms with van der Waals surface area (Å²) in [5, 5.41) is 2.95. The summed E-state index contributed by atoms with van der Waals surface area (Å²) in [5.41, 5.74) is 8.95. The number of esters is 1. The first kappa shape index (κ1) is 16.1. The summed E-state index contributed by atoms with van der Waals surface area (Å²) < 4.78 is 5.07. The number of hydrogen-bond acceptors (Lipinski definition) is 4. The molecule has 3 rings (SSSR count). The van der Waals surface area contributed by atoms with Crippen molar-refractivity contribution in [2.24, 2.45) is 0 Å². The molecule has 1 aliphatic rings. The van der Waals surface area contributed by atoms with Gasteiger partial charge in [0.25, 0.3) is 5.91 Å². The van der Waals surface area contributed by atoms with E-state index < -0.39 is 5.97 Å². The fraction of sp³-hybridized carbons (Fsp3) is 0.263. The van der Waals surface area contributed by atoms with E-state index in [4.69, 9.17) is 10.5 Å². The molecule has 124 valence electrons. The predicted molar refractivity (Wildman–Crippen MR) is 91.4 cm³/mol. The third-order valence-corrected chi connectivity index (χ3v) is 4.19. The van der Waals surface area contributed by atoms with Crippen LogP contribution in [0, 0.1) is 0 Å². The molecule has 0 aromatic heterocycles. The van der Waals surface area contributed by atoms with Gasteiger partial charge in [-0.3, -0.25) is 4.79 Å². The van der Waals surface area contributed by atoms with Crippen LogP contribution in [0.4, 0.5) is 5.69 Å². The average molecular weight is 324 g/mol. The molecule has 2 aromatic rings. The van der Waals surface area contributed by atoms with Crippen LogP contribution in [0.3, 0.4) is 0 Å². The van der Waals surface area contributed by atoms with E-state index in [1.807, 2.05) is 18.2 Å². The van der Waals surface area contributed by atoms with E-state index in [1.54, 1.807) is 24.3 Å². The number of ether oxygens (including phenoxy) is 1. The second-order valence-corrected chi connectivity index (χ2v) is 5.91. The third kappa shape index (κ3) is 3.74. The zero-order valence-electron chi connectivity index (χ0n) is 13.3. The standard InChI is InChI=1S/C19H20N2O3/c20-15-10-8-14(9-11-15)19(23)24-12-18(22)21-17-7-3-5-13-4-1-2-6-16(13)17/h1-2,4,6,8-11,17H,3,5,7,12,20H2,(H,21,22)/t17-/m1/s1. The van der Waals surface area contributed by atoms with Gasteiger partial charge in [-0.2, -0.15) is 0 Å². The number of amides is 1. The first-order valence-electron chi connectivity index (χ1n) is 8.03. The van der Waals surface area contributed by atoms with Gasteiger partial charge in [0.05, 0.1) is 11.6 Å². The Morgan fingerprint density at radius 1 is 1.12 bits per heavy atom. The van der Waals surface area contributed by atoms with Gasteiger partial charge in [0, 0.05) is 5.69 Å². The van der Waals surface area contributed by atoms with Gasteiger partial charge in [-0.05, 0) is 54.7 Å². The molecule has 2 aromatic carbocycles. The molecule has 0 fully saturated rings. The fourth-order valence-corrected chi connectivity index (χ4v) is 2.97. The zero-order chi connectivity index (χ0) is 16.9. The number of rotatable bonds is 4. The van der Waals surface area contributed by atoms with Gasteiger partial charge in [-0.1, -0.05) is 24.3 Å². The molecular formula is C19H20N2O3. The van der Waals surface area contributed by atoms with Crippen molar-refractivity contribution in [1.82, 2.24) is 5.32 Å². The first-order chi connectivity index (χ1) is 11.6. The summed E-state index contributed by atoms with van der Waals surface area (Å²) in [5.74, 6) is -0.824. The molecule has 3 N–H and O–H groups in total. The number of aryl methyl sites for hydroxylation is 1. The minimum atomic E-state index is -0.533. The van der Waals surface area contributed by atoms with Gasteiger partial charge in [0.2, 0.25) is 0 Å². The molecule has 0 saturated carbocycles. The van der Waals surface area contributed by atoms with Crippen molar-refractivity contribution in [3.8, 4) is 0 Å². The zero-order valence-corrected chi connectivity index (χ0v) is 13.3. The summed E-state index contributed by atoms with van der Waals surface area (Å²) >= 11 is 0. The number of anilines is 1. The number of nitrogen functional groups attached to an aromatic ring is 1. The summed E-state index contributed by atoms with van der Waals surface area (Å²) in [4.78, 5) is 24.0. The van der Waals surface area contributed by atoms with E-state index in [2.05, 4.69) is 11.4 Å². The number of nitrogens with one attached hydrogen (secondary N) is 1. The Morgan fingerprint density at radius 3 is 2.67 bits per heavy atom. The maximum absolute atomic E-state index is 12.1. The Morgan fingerprint density at radius 2 is 1.88 bits per heavy atom. The van der Waals surface area contributed by atoms with Crippen molar-refractivity contribution in [3.63, 3.8) is 0 Å². The number of carbonyl (C=O) groups excluding carboxylic acids is 2. The molecule has 1 atom stereocenters. The molecule has 0 radical (unpaired) electrons. The van der Waals surface area contributed by atoms with Gasteiger partial charge in [-0.15, -0.1) is 0 Å². The first-order valence-corrected chi connectivity index (χ1v) is 8.03. The smallest absolute Gasteiger partial charge is 0.338 e. The molecule has 5 nitrogen and oxygen atoms in total. The molecule has 0 saturated heterocycles. The van der Waals surface area contributed by atoms with Crippen LogP contribution in [0.2, 0.25) is 0 Å². The van der Waals surface area contributed by atoms with E-state index in [9.17, 15) is 9.59 Å². The summed E-state index contributed by atoms with van der Waals surface area (Å²) in [6.07, 6.45) is 2.97. The van der Waals surface area contributed by atoms with Gasteiger partial charge in [-0.25, -0.2) is 4.79 Å². The van der Waals surface area contributed by atoms with Crippen molar-refractivity contribution >= 4 is 17.6 Å². The van der Waals surface area contributed by atoms with Crippen LogP contribution in [-0.2, 0) is 16.0 Å². The summed E-state index contributed by atoms with van der Waals surface area (Å²) in [6, 6.07) is 14.5. The molecular weight excluding hydrogens is 304 g/mol. The Kier molecular flexibility index (Phi) is 4.79. The van der Waals surface area contributed by atoms with Gasteiger partial charge in [0.15, 0.2) is 6.61 Å². The minimum Gasteiger partial charge on any atom is -0.452 e. The highest BCUT2D eigenvalue weighted by atomic mass is 16.5. The van der Waals surface area contributed by atoms with E-state index in [0.29, 0.717) is 11.3 Å². The highest BCUT2D eigenvalue weighted by molar-refractivity contribution is 5.91. The number of fused-ring (bicyclic) bond motifs is 1. The number of benzene rings is 2. The molecule has 1 amide bonds. The van der Waals surface area contributed by atoms with Crippen LogP contribution in [-0.4, -0.2) is 18.5 Å². The largest absolute Gasteiger partial charge is 0.452 e. The third-order valence-electron chi connectivity index (χ3n) is 4.19. The Hall–Kier alpha value is -2.82. The fourth-order valence-electron chi connectivity index (χ4n) is 2.97.